The molecule has 0 fully saturated rings. The van der Waals surface area contributed by atoms with E-state index in [-0.39, 0.29) is 12.5 Å². The van der Waals surface area contributed by atoms with Gasteiger partial charge in [0.15, 0.2) is 5.13 Å². The number of aryl methyl sites for hydroxylation is 2. The van der Waals surface area contributed by atoms with Gasteiger partial charge >= 0.3 is 0 Å². The fourth-order valence-electron chi connectivity index (χ4n) is 1.67. The van der Waals surface area contributed by atoms with Gasteiger partial charge in [-0.2, -0.15) is 0 Å². The van der Waals surface area contributed by atoms with Crippen LogP contribution in [0.15, 0.2) is 24.4 Å². The van der Waals surface area contributed by atoms with Crippen LogP contribution in [0.2, 0.25) is 0 Å². The average Bonchev–Trinajstić information content (AvgIpc) is 2.82. The summed E-state index contributed by atoms with van der Waals surface area (Å²) in [7, 11) is 0. The Hall–Kier alpha value is -2.16. The predicted octanol–water partition coefficient (Wildman–Crippen LogP) is 2.36. The van der Waals surface area contributed by atoms with E-state index in [0.29, 0.717) is 16.3 Å². The molecule has 0 unspecified atom stereocenters. The van der Waals surface area contributed by atoms with Gasteiger partial charge in [0.2, 0.25) is 0 Å². The van der Waals surface area contributed by atoms with Gasteiger partial charge in [0.25, 0.3) is 5.91 Å². The molecule has 0 saturated carbocycles. The van der Waals surface area contributed by atoms with Crippen LogP contribution in [0.4, 0.5) is 5.13 Å². The van der Waals surface area contributed by atoms with Crippen LogP contribution in [-0.2, 0) is 0 Å². The molecule has 0 saturated heterocycles. The Labute approximate surface area is 121 Å². The van der Waals surface area contributed by atoms with E-state index in [1.807, 2.05) is 19.9 Å². The molecule has 0 bridgehead atoms. The first kappa shape index (κ1) is 14.3. The molecule has 1 aromatic carbocycles. The molecule has 0 spiro atoms. The van der Waals surface area contributed by atoms with Crippen molar-refractivity contribution in [3.63, 3.8) is 0 Å². The summed E-state index contributed by atoms with van der Waals surface area (Å²) in [6.07, 6.45) is 1.71. The van der Waals surface area contributed by atoms with Crippen molar-refractivity contribution in [2.75, 3.05) is 11.9 Å². The number of hydrogen-bond donors (Lipinski definition) is 2. The summed E-state index contributed by atoms with van der Waals surface area (Å²) in [5, 5.41) is 12.1. The molecule has 2 aromatic rings. The minimum Gasteiger partial charge on any atom is -0.384 e. The lowest BCUT2D eigenvalue weighted by Gasteiger charge is -2.05. The fraction of sp³-hybridized carbons (Fsp3) is 0.200. The van der Waals surface area contributed by atoms with Gasteiger partial charge in [0, 0.05) is 16.6 Å². The van der Waals surface area contributed by atoms with Crippen molar-refractivity contribution in [3.8, 4) is 11.8 Å². The zero-order valence-electron chi connectivity index (χ0n) is 11.2. The summed E-state index contributed by atoms with van der Waals surface area (Å²) in [4.78, 5) is 17.4. The van der Waals surface area contributed by atoms with Crippen LogP contribution in [0.3, 0.4) is 0 Å². The van der Waals surface area contributed by atoms with Crippen molar-refractivity contribution in [1.29, 1.82) is 0 Å². The predicted molar refractivity (Wildman–Crippen MR) is 79.9 cm³/mol. The second-order valence-electron chi connectivity index (χ2n) is 4.24. The van der Waals surface area contributed by atoms with E-state index in [1.165, 1.54) is 11.3 Å². The van der Waals surface area contributed by atoms with Gasteiger partial charge in [-0.3, -0.25) is 10.1 Å². The van der Waals surface area contributed by atoms with Crippen molar-refractivity contribution in [2.24, 2.45) is 0 Å². The average molecular weight is 286 g/mol. The SMILES string of the molecule is Cc1ccc(C#CCO)c(C(=O)Nc2ncc(C)s2)c1. The van der Waals surface area contributed by atoms with Crippen LogP contribution in [0.25, 0.3) is 0 Å². The molecule has 5 heteroatoms. The van der Waals surface area contributed by atoms with Crippen molar-refractivity contribution in [2.45, 2.75) is 13.8 Å². The molecule has 0 aliphatic rings. The molecule has 0 radical (unpaired) electrons. The summed E-state index contributed by atoms with van der Waals surface area (Å²) >= 11 is 1.42. The number of benzene rings is 1. The largest absolute Gasteiger partial charge is 0.384 e. The Morgan fingerprint density at radius 3 is 2.90 bits per heavy atom. The lowest BCUT2D eigenvalue weighted by molar-refractivity contribution is 0.102. The highest BCUT2D eigenvalue weighted by Gasteiger charge is 2.12. The van der Waals surface area contributed by atoms with Crippen LogP contribution in [0, 0.1) is 25.7 Å². The number of nitrogens with zero attached hydrogens (tertiary/aromatic N) is 1. The van der Waals surface area contributed by atoms with Crippen LogP contribution in [0.5, 0.6) is 0 Å². The smallest absolute Gasteiger partial charge is 0.258 e. The van der Waals surface area contributed by atoms with Gasteiger partial charge in [-0.15, -0.1) is 11.3 Å². The molecular formula is C15H14N2O2S. The number of amides is 1. The van der Waals surface area contributed by atoms with Gasteiger partial charge in [0.05, 0.1) is 5.56 Å². The molecule has 2 rings (SSSR count). The van der Waals surface area contributed by atoms with Crippen molar-refractivity contribution in [1.82, 2.24) is 4.98 Å². The molecule has 1 aromatic heterocycles. The van der Waals surface area contributed by atoms with E-state index in [4.69, 9.17) is 5.11 Å². The van der Waals surface area contributed by atoms with Crippen LogP contribution in [-0.4, -0.2) is 22.6 Å². The lowest BCUT2D eigenvalue weighted by atomic mass is 10.0. The maximum Gasteiger partial charge on any atom is 0.258 e. The van der Waals surface area contributed by atoms with Crippen LogP contribution < -0.4 is 5.32 Å². The maximum atomic E-state index is 12.3. The molecule has 0 atom stereocenters. The van der Waals surface area contributed by atoms with E-state index in [0.717, 1.165) is 10.4 Å². The number of aliphatic hydroxyl groups is 1. The van der Waals surface area contributed by atoms with Gasteiger partial charge < -0.3 is 5.11 Å². The highest BCUT2D eigenvalue weighted by Crippen LogP contribution is 2.19. The molecule has 102 valence electrons. The summed E-state index contributed by atoms with van der Waals surface area (Å²) in [5.41, 5.74) is 2.05. The highest BCUT2D eigenvalue weighted by molar-refractivity contribution is 7.15. The molecule has 20 heavy (non-hydrogen) atoms. The van der Waals surface area contributed by atoms with Crippen molar-refractivity contribution in [3.05, 3.63) is 46.0 Å². The Balaban J connectivity index is 2.30. The number of rotatable bonds is 2. The molecule has 1 heterocycles. The summed E-state index contributed by atoms with van der Waals surface area (Å²) < 4.78 is 0. The molecule has 0 aliphatic heterocycles. The molecule has 2 N–H and O–H groups in total. The Morgan fingerprint density at radius 2 is 2.25 bits per heavy atom. The molecular weight excluding hydrogens is 272 g/mol. The second kappa shape index (κ2) is 6.33. The van der Waals surface area contributed by atoms with Gasteiger partial charge in [-0.05, 0) is 26.0 Å². The number of carbonyl (C=O) groups excluding carboxylic acids is 1. The van der Waals surface area contributed by atoms with Crippen LogP contribution >= 0.6 is 11.3 Å². The molecule has 4 nitrogen and oxygen atoms in total. The van der Waals surface area contributed by atoms with E-state index in [2.05, 4.69) is 22.1 Å². The highest BCUT2D eigenvalue weighted by atomic mass is 32.1. The molecule has 1 amide bonds. The normalized spacial score (nSPS) is 9.75. The topological polar surface area (TPSA) is 62.2 Å². The summed E-state index contributed by atoms with van der Waals surface area (Å²) in [6.45, 7) is 3.60. The number of thiazole rings is 1. The Kier molecular flexibility index (Phi) is 4.51. The minimum atomic E-state index is -0.245. The number of anilines is 1. The van der Waals surface area contributed by atoms with E-state index in [1.54, 1.807) is 18.3 Å². The summed E-state index contributed by atoms with van der Waals surface area (Å²) in [6, 6.07) is 5.43. The minimum absolute atomic E-state index is 0.236. The Bertz CT molecular complexity index is 695. The third-order valence-corrected chi connectivity index (χ3v) is 3.39. The first-order chi connectivity index (χ1) is 9.60. The standard InChI is InChI=1S/C15H14N2O2S/c1-10-5-6-12(4-3-7-18)13(8-10)14(19)17-15-16-9-11(2)20-15/h5-6,8-9,18H,7H2,1-2H3,(H,16,17,19). The third kappa shape index (κ3) is 3.44. The zero-order valence-corrected chi connectivity index (χ0v) is 12.0. The van der Waals surface area contributed by atoms with Crippen molar-refractivity contribution >= 4 is 22.4 Å². The zero-order chi connectivity index (χ0) is 14.5. The van der Waals surface area contributed by atoms with Crippen LogP contribution in [0.1, 0.15) is 26.4 Å². The first-order valence-electron chi connectivity index (χ1n) is 6.04. The lowest BCUT2D eigenvalue weighted by Crippen LogP contribution is -2.13. The first-order valence-corrected chi connectivity index (χ1v) is 6.86. The monoisotopic (exact) mass is 286 g/mol. The van der Waals surface area contributed by atoms with Gasteiger partial charge in [0.1, 0.15) is 6.61 Å². The number of aliphatic hydroxyl groups excluding tert-OH is 1. The number of nitrogens with one attached hydrogen (secondary N) is 1. The van der Waals surface area contributed by atoms with E-state index in [9.17, 15) is 4.79 Å². The number of hydrogen-bond acceptors (Lipinski definition) is 4. The second-order valence-corrected chi connectivity index (χ2v) is 5.47. The summed E-state index contributed by atoms with van der Waals surface area (Å²) in [5.74, 6) is 5.10. The van der Waals surface area contributed by atoms with Gasteiger partial charge in [-0.25, -0.2) is 4.98 Å². The molecule has 0 aliphatic carbocycles. The van der Waals surface area contributed by atoms with E-state index >= 15 is 0 Å². The number of aromatic nitrogens is 1. The quantitative estimate of drug-likeness (QED) is 0.833. The maximum absolute atomic E-state index is 12.3. The third-order valence-electron chi connectivity index (χ3n) is 2.56. The fourth-order valence-corrected chi connectivity index (χ4v) is 2.33. The number of carbonyl (C=O) groups is 1. The van der Waals surface area contributed by atoms with Gasteiger partial charge in [-0.1, -0.05) is 23.5 Å². The van der Waals surface area contributed by atoms with E-state index < -0.39 is 0 Å². The van der Waals surface area contributed by atoms with Crippen molar-refractivity contribution < 1.29 is 9.90 Å². The Morgan fingerprint density at radius 1 is 1.45 bits per heavy atom.